The van der Waals surface area contributed by atoms with Crippen molar-refractivity contribution < 1.29 is 113 Å². The molecule has 11 bridgehead atoms. The fourth-order valence-electron chi connectivity index (χ4n) is 12.5. The Kier molecular flexibility index (Phi) is 22.2. The first-order chi connectivity index (χ1) is 47.7. The Labute approximate surface area is 584 Å². The third-order valence-corrected chi connectivity index (χ3v) is 18.4. The quantitative estimate of drug-likeness (QED) is 0.0756. The van der Waals surface area contributed by atoms with Gasteiger partial charge in [0.2, 0.25) is 47.5 Å². The molecule has 7 aliphatic heterocycles. The molecule has 2 saturated heterocycles. The van der Waals surface area contributed by atoms with Crippen LogP contribution in [0, 0.1) is 5.92 Å². The molecule has 22 N–H and O–H groups in total. The van der Waals surface area contributed by atoms with Crippen molar-refractivity contribution in [2.75, 3.05) is 13.7 Å². The van der Waals surface area contributed by atoms with Crippen LogP contribution in [0.25, 0.3) is 11.1 Å². The maximum Gasteiger partial charge on any atom is 0.330 e. The molecule has 12 rings (SSSR count). The summed E-state index contributed by atoms with van der Waals surface area (Å²) in [5.74, 6) is -14.7. The highest BCUT2D eigenvalue weighted by atomic mass is 35.5. The summed E-state index contributed by atoms with van der Waals surface area (Å²) in [5, 5.41) is 129. The number of phenols is 3. The third kappa shape index (κ3) is 15.8. The third-order valence-electron chi connectivity index (χ3n) is 17.8. The number of rotatable bonds is 13. The lowest BCUT2D eigenvalue weighted by Crippen LogP contribution is -2.64. The molecule has 5 aromatic carbocycles. The molecule has 0 aromatic heterocycles. The Morgan fingerprint density at radius 3 is 1.98 bits per heavy atom. The number of nitrogens with two attached hydrogens (primary N) is 3. The molecule has 35 heteroatoms. The van der Waals surface area contributed by atoms with Crippen molar-refractivity contribution in [3.8, 4) is 57.1 Å². The van der Waals surface area contributed by atoms with Gasteiger partial charge in [0.05, 0.1) is 41.3 Å². The van der Waals surface area contributed by atoms with Crippen LogP contribution in [0.15, 0.2) is 83.9 Å². The number of aliphatic hydroxyl groups excluding tert-OH is 6. The molecule has 6 unspecified atom stereocenters. The minimum atomic E-state index is -2.25. The van der Waals surface area contributed by atoms with Gasteiger partial charge in [-0.25, -0.2) is 4.79 Å². The van der Waals surface area contributed by atoms with Gasteiger partial charge in [0, 0.05) is 34.7 Å². The van der Waals surface area contributed by atoms with Crippen molar-refractivity contribution >= 4 is 70.4 Å². The number of carboxylic acids is 1. The zero-order valence-electron chi connectivity index (χ0n) is 54.4. The Bertz CT molecular complexity index is 4090. The highest BCUT2D eigenvalue weighted by molar-refractivity contribution is 6.32. The molecule has 7 aliphatic rings. The number of aromatic hydroxyl groups is 3. The second-order valence-electron chi connectivity index (χ2n) is 25.7. The van der Waals surface area contributed by atoms with Crippen molar-refractivity contribution in [2.24, 2.45) is 28.1 Å². The number of amidine groups is 1. The number of amides is 6. The van der Waals surface area contributed by atoms with E-state index in [2.05, 4.69) is 36.9 Å². The van der Waals surface area contributed by atoms with E-state index in [0.29, 0.717) is 0 Å². The van der Waals surface area contributed by atoms with Gasteiger partial charge in [-0.1, -0.05) is 55.2 Å². The number of nitrogens with one attached hydrogen (secondary N) is 6. The Hall–Kier alpha value is -9.20. The predicted molar refractivity (Wildman–Crippen MR) is 353 cm³/mol. The lowest BCUT2D eigenvalue weighted by molar-refractivity contribution is -0.333. The molecular weight excluding hydrogens is 1370 g/mol. The predicted octanol–water partition coefficient (Wildman–Crippen LogP) is 0.347. The number of nitrogens with zero attached hydrogens (tertiary/aromatic N) is 1. The molecule has 6 amide bonds. The highest BCUT2D eigenvalue weighted by Gasteiger charge is 2.51. The number of fused-ring (bicyclic) bond motifs is 14. The van der Waals surface area contributed by atoms with Gasteiger partial charge in [-0.2, -0.15) is 0 Å². The van der Waals surface area contributed by atoms with Crippen LogP contribution < -0.4 is 63.3 Å². The summed E-state index contributed by atoms with van der Waals surface area (Å²) < 4.78 is 38.5. The highest BCUT2D eigenvalue weighted by Crippen LogP contribution is 2.50. The first-order valence-electron chi connectivity index (χ1n) is 31.6. The van der Waals surface area contributed by atoms with E-state index < -0.39 is 226 Å². The van der Waals surface area contributed by atoms with Crippen molar-refractivity contribution in [1.29, 1.82) is 0 Å². The first kappa shape index (κ1) is 74.5. The van der Waals surface area contributed by atoms with E-state index in [9.17, 15) is 75.0 Å². The molecule has 33 nitrogen and oxygen atoms in total. The van der Waals surface area contributed by atoms with Gasteiger partial charge < -0.3 is 129 Å². The van der Waals surface area contributed by atoms with Crippen LogP contribution in [0.2, 0.25) is 10.0 Å². The molecule has 2 fully saturated rings. The van der Waals surface area contributed by atoms with Crippen LogP contribution in [0.5, 0.6) is 46.0 Å². The summed E-state index contributed by atoms with van der Waals surface area (Å²) in [5.41, 5.74) is 15.6. The number of hydrogen-bond donors (Lipinski definition) is 19. The lowest BCUT2D eigenvalue weighted by atomic mass is 9.86. The number of aliphatic carboxylic acids is 1. The smallest absolute Gasteiger partial charge is 0.330 e. The van der Waals surface area contributed by atoms with E-state index in [0.717, 1.165) is 66.7 Å². The van der Waals surface area contributed by atoms with E-state index in [1.165, 1.54) is 33.0 Å². The van der Waals surface area contributed by atoms with Gasteiger partial charge in [0.1, 0.15) is 89.3 Å². The van der Waals surface area contributed by atoms with Crippen LogP contribution in [0.1, 0.15) is 105 Å². The summed E-state index contributed by atoms with van der Waals surface area (Å²) in [7, 11) is 1.49. The fourth-order valence-corrected chi connectivity index (χ4v) is 12.9. The number of aliphatic imine (C=N–C) groups is 1. The zero-order valence-corrected chi connectivity index (χ0v) is 56.0. The average Bonchev–Trinajstić information content (AvgIpc) is 0.775. The lowest BCUT2D eigenvalue weighted by Gasteiger charge is -2.47. The zero-order chi connectivity index (χ0) is 73.5. The van der Waals surface area contributed by atoms with Crippen molar-refractivity contribution in [1.82, 2.24) is 31.9 Å². The number of carbonyl (C=O) groups excluding carboxylic acids is 6. The maximum absolute atomic E-state index is 15.4. The van der Waals surface area contributed by atoms with E-state index in [-0.39, 0.29) is 57.5 Å². The Morgan fingerprint density at radius 2 is 1.40 bits per heavy atom. The molecule has 542 valence electrons. The van der Waals surface area contributed by atoms with Crippen molar-refractivity contribution in [2.45, 2.75) is 156 Å². The van der Waals surface area contributed by atoms with Crippen LogP contribution in [0.4, 0.5) is 0 Å². The molecule has 0 spiro atoms. The second kappa shape index (κ2) is 30.2. The monoisotopic (exact) mass is 1450 g/mol. The largest absolute Gasteiger partial charge is 0.508 e. The van der Waals surface area contributed by atoms with E-state index in [1.54, 1.807) is 0 Å². The number of carboxylic acid groups (broad SMARTS) is 1. The van der Waals surface area contributed by atoms with Crippen molar-refractivity contribution in [3.05, 3.63) is 117 Å². The average molecular weight is 1450 g/mol. The SMILES string of the molecule is CN[C@H](CC(C)C)C(=O)N[C@H]1C(=O)NC(CC(N)=O)C(=O)N[C@H]2C(N)=N[C@H]3C(=O)N[C@H](C(=O)N[C@H](C(=O)O)c4cc(O)cc(O)c4-c4cc3ccc4O)[C@H](O)c3ccc(c(Cl)c3)Oc3cc2cc(c3O[C@H]2OC(CO)C(O)[C@H](O)C2O[C@H]2CC(C)(N)[C@H](O)C(C)O2)Oc2ccc(cc2Cl)[C@H]1O. The molecule has 0 saturated carbocycles. The van der Waals surface area contributed by atoms with Crippen LogP contribution in [0.3, 0.4) is 0 Å². The number of aliphatic hydroxyl groups is 6. The number of phenolic OH excluding ortho intramolecular Hbond substituents is 3. The Balaban J connectivity index is 1.26. The molecule has 18 atom stereocenters. The van der Waals surface area contributed by atoms with Gasteiger partial charge in [0.15, 0.2) is 36.0 Å². The summed E-state index contributed by atoms with van der Waals surface area (Å²) in [4.78, 5) is 106. The van der Waals surface area contributed by atoms with E-state index in [4.69, 9.17) is 68.8 Å². The van der Waals surface area contributed by atoms with Gasteiger partial charge in [0.25, 0.3) is 0 Å². The molecular formula is C66H76Cl2N10O23. The second-order valence-corrected chi connectivity index (χ2v) is 26.5. The van der Waals surface area contributed by atoms with E-state index >= 15 is 9.59 Å². The number of benzene rings is 5. The number of hydrogen-bond acceptors (Lipinski definition) is 26. The normalized spacial score (nSPS) is 29.4. The molecule has 0 aliphatic carbocycles. The van der Waals surface area contributed by atoms with Crippen LogP contribution in [-0.2, 0) is 47.8 Å². The number of ether oxygens (including phenoxy) is 6. The van der Waals surface area contributed by atoms with Crippen LogP contribution >= 0.6 is 23.2 Å². The minimum Gasteiger partial charge on any atom is -0.508 e. The van der Waals surface area contributed by atoms with Gasteiger partial charge in [-0.05, 0) is 110 Å². The molecule has 0 radical (unpaired) electrons. The van der Waals surface area contributed by atoms with Crippen molar-refractivity contribution in [3.63, 3.8) is 0 Å². The number of halogens is 2. The first-order valence-corrected chi connectivity index (χ1v) is 32.4. The summed E-state index contributed by atoms with van der Waals surface area (Å²) in [6.07, 6.45) is -18.3. The summed E-state index contributed by atoms with van der Waals surface area (Å²) in [6, 6.07) is 0.389. The minimum absolute atomic E-state index is 0.0848. The molecule has 7 heterocycles. The summed E-state index contributed by atoms with van der Waals surface area (Å²) >= 11 is 14.2. The van der Waals surface area contributed by atoms with Gasteiger partial charge >= 0.3 is 5.97 Å². The number of likely N-dealkylation sites (N-methyl/N-ethyl adjacent to an activating group) is 1. The molecule has 101 heavy (non-hydrogen) atoms. The molecule has 5 aromatic rings. The van der Waals surface area contributed by atoms with Gasteiger partial charge in [-0.15, -0.1) is 0 Å². The van der Waals surface area contributed by atoms with Crippen LogP contribution in [-0.4, -0.2) is 191 Å². The van der Waals surface area contributed by atoms with Gasteiger partial charge in [-0.3, -0.25) is 33.8 Å². The fraction of sp³-hybridized carbons (Fsp3) is 0.424. The standard InChI is InChI=1S/C66H76Cl2N10O23/c1-23(2)12-34(72-5)59(89)77-49-51(84)26-7-10-38(32(67)14-26)97-40-16-28-17-41(55(40)101-65-56(54(87)53(86)42(22-79)99-65)100-44-21-66(4,71)57(88)24(3)96-44)98-39-11-8-27(15-33(39)68)52(85)50-63(93)76-48(64(94)95)31-18-29(80)19-37(82)45(31)30-13-25(6-9-36(30)81)47(61(91)78-50)74-58(70)46(28)75-60(90)35(20-43(69)83)73-62(49)92/h6-11,13-19,23-24,34-35,42,44,46-54,56-57,65,72,79-82,84-88H,12,20-22,71H2,1-5H3,(H2,69,83)(H2,70,74)(H,73,92)(H,75,90)(H,76,93)(H,77,89)(H,78,91)(H,94,95)/t24?,34-,35?,42?,44+,46-,47-,48+,49-,50+,51-,52-,53?,54+,56?,57-,65-,66?/m1/s1. The Morgan fingerprint density at radius 1 is 0.762 bits per heavy atom. The number of primary amides is 1. The number of carbonyl (C=O) groups is 7. The summed E-state index contributed by atoms with van der Waals surface area (Å²) in [6.45, 7) is 5.72. The maximum atomic E-state index is 15.4. The van der Waals surface area contributed by atoms with E-state index in [1.807, 2.05) is 13.8 Å². The topological polar surface area (TPSA) is 540 Å².